The van der Waals surface area contributed by atoms with Crippen LogP contribution in [0.3, 0.4) is 0 Å². The van der Waals surface area contributed by atoms with Crippen molar-refractivity contribution in [2.24, 2.45) is 11.7 Å². The molecule has 2 aliphatic rings. The highest BCUT2D eigenvalue weighted by molar-refractivity contribution is 5.94. The second kappa shape index (κ2) is 7.79. The third-order valence-electron chi connectivity index (χ3n) is 4.72. The minimum atomic E-state index is 0. The fourth-order valence-electron chi connectivity index (χ4n) is 3.39. The summed E-state index contributed by atoms with van der Waals surface area (Å²) in [5, 5.41) is 0. The Labute approximate surface area is 143 Å². The van der Waals surface area contributed by atoms with Crippen LogP contribution in [0.4, 0.5) is 0 Å². The smallest absolute Gasteiger partial charge is 0.253 e. The third kappa shape index (κ3) is 4.03. The number of piperazine rings is 1. The third-order valence-corrected chi connectivity index (χ3v) is 4.72. The molecule has 0 radical (unpaired) electrons. The molecule has 3 rings (SSSR count). The van der Waals surface area contributed by atoms with E-state index < -0.39 is 0 Å². The summed E-state index contributed by atoms with van der Waals surface area (Å²) in [5.41, 5.74) is 6.61. The molecule has 1 aromatic carbocycles. The Morgan fingerprint density at radius 2 is 1.57 bits per heavy atom. The standard InChI is InChI=1S/C17H23N3O2.ClH/c18-15-7-6-14(12-15)17(22)20-10-8-19(9-11-20)16(21)13-4-2-1-3-5-13;/h1-5,14-15H,6-12,18H2;1H. The van der Waals surface area contributed by atoms with Gasteiger partial charge in [-0.05, 0) is 31.4 Å². The summed E-state index contributed by atoms with van der Waals surface area (Å²) in [5.74, 6) is 0.363. The first-order valence-corrected chi connectivity index (χ1v) is 8.04. The van der Waals surface area contributed by atoms with Gasteiger partial charge in [-0.1, -0.05) is 18.2 Å². The van der Waals surface area contributed by atoms with Crippen LogP contribution >= 0.6 is 12.4 Å². The predicted octanol–water partition coefficient (Wildman–Crippen LogP) is 1.52. The molecule has 1 aromatic rings. The summed E-state index contributed by atoms with van der Waals surface area (Å²) >= 11 is 0. The zero-order chi connectivity index (χ0) is 15.5. The summed E-state index contributed by atoms with van der Waals surface area (Å²) in [6, 6.07) is 9.49. The lowest BCUT2D eigenvalue weighted by Crippen LogP contribution is -2.51. The van der Waals surface area contributed by atoms with Crippen molar-refractivity contribution in [1.82, 2.24) is 9.80 Å². The lowest BCUT2D eigenvalue weighted by molar-refractivity contribution is -0.136. The van der Waals surface area contributed by atoms with Crippen molar-refractivity contribution >= 4 is 24.2 Å². The van der Waals surface area contributed by atoms with Crippen LogP contribution in [0.1, 0.15) is 29.6 Å². The summed E-state index contributed by atoms with van der Waals surface area (Å²) in [6.45, 7) is 2.47. The fraction of sp³-hybridized carbons (Fsp3) is 0.529. The molecule has 5 nitrogen and oxygen atoms in total. The molecule has 1 saturated carbocycles. The van der Waals surface area contributed by atoms with Gasteiger partial charge in [-0.3, -0.25) is 9.59 Å². The molecule has 2 fully saturated rings. The van der Waals surface area contributed by atoms with E-state index in [1.54, 1.807) is 0 Å². The van der Waals surface area contributed by atoms with Gasteiger partial charge >= 0.3 is 0 Å². The van der Waals surface area contributed by atoms with E-state index in [0.717, 1.165) is 19.3 Å². The zero-order valence-corrected chi connectivity index (χ0v) is 14.0. The van der Waals surface area contributed by atoms with Crippen LogP contribution in [-0.2, 0) is 4.79 Å². The monoisotopic (exact) mass is 337 g/mol. The largest absolute Gasteiger partial charge is 0.339 e. The quantitative estimate of drug-likeness (QED) is 0.889. The molecule has 2 N–H and O–H groups in total. The summed E-state index contributed by atoms with van der Waals surface area (Å²) in [6.07, 6.45) is 2.66. The first-order chi connectivity index (χ1) is 10.6. The van der Waals surface area contributed by atoms with Crippen molar-refractivity contribution in [3.8, 4) is 0 Å². The summed E-state index contributed by atoms with van der Waals surface area (Å²) < 4.78 is 0. The predicted molar refractivity (Wildman–Crippen MR) is 91.5 cm³/mol. The fourth-order valence-corrected chi connectivity index (χ4v) is 3.39. The normalized spacial score (nSPS) is 24.2. The summed E-state index contributed by atoms with van der Waals surface area (Å²) in [7, 11) is 0. The molecule has 1 aliphatic carbocycles. The first kappa shape index (κ1) is 17.8. The van der Waals surface area contributed by atoms with Gasteiger partial charge in [0.2, 0.25) is 5.91 Å². The van der Waals surface area contributed by atoms with Crippen LogP contribution in [0, 0.1) is 5.92 Å². The Hall–Kier alpha value is -1.59. The van der Waals surface area contributed by atoms with Gasteiger partial charge < -0.3 is 15.5 Å². The van der Waals surface area contributed by atoms with E-state index in [4.69, 9.17) is 5.73 Å². The van der Waals surface area contributed by atoms with Gasteiger partial charge in [-0.15, -0.1) is 12.4 Å². The number of nitrogens with two attached hydrogens (primary N) is 1. The van der Waals surface area contributed by atoms with Crippen molar-refractivity contribution in [2.45, 2.75) is 25.3 Å². The molecule has 0 bridgehead atoms. The van der Waals surface area contributed by atoms with Crippen LogP contribution in [0.25, 0.3) is 0 Å². The average Bonchev–Trinajstić information content (AvgIpc) is 3.01. The lowest BCUT2D eigenvalue weighted by Gasteiger charge is -2.36. The highest BCUT2D eigenvalue weighted by Crippen LogP contribution is 2.26. The molecule has 0 aromatic heterocycles. The van der Waals surface area contributed by atoms with E-state index in [1.165, 1.54) is 0 Å². The number of benzene rings is 1. The first-order valence-electron chi connectivity index (χ1n) is 8.04. The lowest BCUT2D eigenvalue weighted by atomic mass is 10.1. The van der Waals surface area contributed by atoms with Crippen LogP contribution in [-0.4, -0.2) is 53.8 Å². The number of rotatable bonds is 2. The molecule has 6 heteroatoms. The molecule has 23 heavy (non-hydrogen) atoms. The number of hydrogen-bond donors (Lipinski definition) is 1. The van der Waals surface area contributed by atoms with Crippen molar-refractivity contribution < 1.29 is 9.59 Å². The Kier molecular flexibility index (Phi) is 6.02. The van der Waals surface area contributed by atoms with E-state index in [9.17, 15) is 9.59 Å². The van der Waals surface area contributed by atoms with Crippen LogP contribution in [0.15, 0.2) is 30.3 Å². The maximum Gasteiger partial charge on any atom is 0.253 e. The van der Waals surface area contributed by atoms with Gasteiger partial charge in [0.15, 0.2) is 0 Å². The molecular weight excluding hydrogens is 314 g/mol. The van der Waals surface area contributed by atoms with Crippen LogP contribution in [0.2, 0.25) is 0 Å². The van der Waals surface area contributed by atoms with E-state index in [-0.39, 0.29) is 36.2 Å². The number of nitrogens with zero attached hydrogens (tertiary/aromatic N) is 2. The molecule has 1 heterocycles. The number of halogens is 1. The van der Waals surface area contributed by atoms with Gasteiger partial charge in [0.05, 0.1) is 0 Å². The van der Waals surface area contributed by atoms with Gasteiger partial charge in [-0.25, -0.2) is 0 Å². The van der Waals surface area contributed by atoms with Crippen molar-refractivity contribution in [1.29, 1.82) is 0 Å². The van der Waals surface area contributed by atoms with Crippen LogP contribution < -0.4 is 5.73 Å². The van der Waals surface area contributed by atoms with Gasteiger partial charge in [0.25, 0.3) is 5.91 Å². The second-order valence-electron chi connectivity index (χ2n) is 6.25. The SMILES string of the molecule is Cl.NC1CCC(C(=O)N2CCN(C(=O)c3ccccc3)CC2)C1. The zero-order valence-electron chi connectivity index (χ0n) is 13.2. The molecule has 126 valence electrons. The van der Waals surface area contributed by atoms with Crippen molar-refractivity contribution in [3.63, 3.8) is 0 Å². The van der Waals surface area contributed by atoms with Crippen LogP contribution in [0.5, 0.6) is 0 Å². The molecule has 2 unspecified atom stereocenters. The topological polar surface area (TPSA) is 66.6 Å². The number of amides is 2. The molecule has 0 spiro atoms. The highest BCUT2D eigenvalue weighted by Gasteiger charge is 2.33. The number of hydrogen-bond acceptors (Lipinski definition) is 3. The van der Waals surface area contributed by atoms with E-state index in [2.05, 4.69) is 0 Å². The Morgan fingerprint density at radius 1 is 0.957 bits per heavy atom. The highest BCUT2D eigenvalue weighted by atomic mass is 35.5. The molecule has 2 atom stereocenters. The minimum absolute atomic E-state index is 0. The maximum absolute atomic E-state index is 12.5. The van der Waals surface area contributed by atoms with Crippen molar-refractivity contribution in [2.75, 3.05) is 26.2 Å². The molecule has 1 saturated heterocycles. The minimum Gasteiger partial charge on any atom is -0.339 e. The maximum atomic E-state index is 12.5. The van der Waals surface area contributed by atoms with E-state index in [1.807, 2.05) is 40.1 Å². The van der Waals surface area contributed by atoms with Crippen molar-refractivity contribution in [3.05, 3.63) is 35.9 Å². The average molecular weight is 338 g/mol. The Morgan fingerprint density at radius 3 is 2.13 bits per heavy atom. The second-order valence-corrected chi connectivity index (χ2v) is 6.25. The van der Waals surface area contributed by atoms with Gasteiger partial charge in [0.1, 0.15) is 0 Å². The molecule has 1 aliphatic heterocycles. The summed E-state index contributed by atoms with van der Waals surface area (Å²) in [4.78, 5) is 28.6. The number of carbonyl (C=O) groups excluding carboxylic acids is 2. The van der Waals surface area contributed by atoms with E-state index in [0.29, 0.717) is 31.7 Å². The van der Waals surface area contributed by atoms with Gasteiger partial charge in [0, 0.05) is 43.7 Å². The number of carbonyl (C=O) groups is 2. The van der Waals surface area contributed by atoms with Gasteiger partial charge in [-0.2, -0.15) is 0 Å². The van der Waals surface area contributed by atoms with E-state index >= 15 is 0 Å². The Bertz CT molecular complexity index is 544. The molecule has 2 amide bonds. The molecular formula is C17H24ClN3O2. The Balaban J connectivity index is 0.00000192.